The van der Waals surface area contributed by atoms with Crippen molar-refractivity contribution in [3.63, 3.8) is 0 Å². The molecular formula is C22H24N4O2. The lowest BCUT2D eigenvalue weighted by atomic mass is 10.1. The molecule has 4 rings (SSSR count). The first-order chi connectivity index (χ1) is 13.6. The minimum atomic E-state index is -0.0178. The summed E-state index contributed by atoms with van der Waals surface area (Å²) in [5.74, 6) is 0.897. The van der Waals surface area contributed by atoms with E-state index in [4.69, 9.17) is 0 Å². The molecule has 0 atom stereocenters. The van der Waals surface area contributed by atoms with Gasteiger partial charge in [0.1, 0.15) is 5.82 Å². The monoisotopic (exact) mass is 376 g/mol. The van der Waals surface area contributed by atoms with Gasteiger partial charge in [0.25, 0.3) is 5.91 Å². The number of hydrogen-bond acceptors (Lipinski definition) is 3. The second-order valence-electron chi connectivity index (χ2n) is 7.26. The van der Waals surface area contributed by atoms with Crippen LogP contribution in [0.2, 0.25) is 0 Å². The van der Waals surface area contributed by atoms with E-state index in [1.807, 2.05) is 49.4 Å². The first-order valence-electron chi connectivity index (χ1n) is 9.79. The van der Waals surface area contributed by atoms with E-state index in [1.165, 1.54) is 5.56 Å². The molecule has 1 saturated carbocycles. The van der Waals surface area contributed by atoms with Gasteiger partial charge in [-0.15, -0.1) is 0 Å². The first-order valence-corrected chi connectivity index (χ1v) is 9.79. The quantitative estimate of drug-likeness (QED) is 0.589. The molecule has 0 aliphatic heterocycles. The Balaban J connectivity index is 1.39. The Labute approximate surface area is 163 Å². The van der Waals surface area contributed by atoms with Gasteiger partial charge in [-0.1, -0.05) is 19.1 Å². The van der Waals surface area contributed by atoms with Crippen molar-refractivity contribution in [1.82, 2.24) is 15.3 Å². The van der Waals surface area contributed by atoms with Crippen molar-refractivity contribution in [3.8, 4) is 0 Å². The highest BCUT2D eigenvalue weighted by atomic mass is 16.2. The number of H-pyrrole nitrogens is 1. The van der Waals surface area contributed by atoms with E-state index in [1.54, 1.807) is 0 Å². The number of imidazole rings is 1. The van der Waals surface area contributed by atoms with E-state index >= 15 is 0 Å². The molecule has 2 amide bonds. The summed E-state index contributed by atoms with van der Waals surface area (Å²) in [4.78, 5) is 31.6. The highest BCUT2D eigenvalue weighted by Crippen LogP contribution is 2.20. The van der Waals surface area contributed by atoms with Crippen LogP contribution >= 0.6 is 0 Å². The lowest BCUT2D eigenvalue weighted by molar-refractivity contribution is -0.115. The van der Waals surface area contributed by atoms with Gasteiger partial charge in [-0.3, -0.25) is 9.59 Å². The van der Waals surface area contributed by atoms with E-state index in [2.05, 4.69) is 20.6 Å². The summed E-state index contributed by atoms with van der Waals surface area (Å²) in [7, 11) is 0. The van der Waals surface area contributed by atoms with Crippen molar-refractivity contribution in [2.45, 2.75) is 45.1 Å². The molecule has 6 heteroatoms. The number of nitrogens with one attached hydrogen (secondary N) is 3. The number of nitrogens with zero attached hydrogens (tertiary/aromatic N) is 1. The summed E-state index contributed by atoms with van der Waals surface area (Å²) in [6, 6.07) is 13.8. The maximum atomic E-state index is 12.2. The van der Waals surface area contributed by atoms with Crippen molar-refractivity contribution in [2.75, 3.05) is 5.32 Å². The molecule has 0 spiro atoms. The fourth-order valence-electron chi connectivity index (χ4n) is 3.09. The van der Waals surface area contributed by atoms with Crippen LogP contribution in [0.4, 0.5) is 5.69 Å². The molecule has 2 aromatic carbocycles. The summed E-state index contributed by atoms with van der Waals surface area (Å²) in [5.41, 5.74) is 4.42. The molecule has 144 valence electrons. The average molecular weight is 376 g/mol. The Kier molecular flexibility index (Phi) is 5.10. The van der Waals surface area contributed by atoms with Crippen molar-refractivity contribution in [1.29, 1.82) is 0 Å². The van der Waals surface area contributed by atoms with E-state index in [0.717, 1.165) is 48.2 Å². The summed E-state index contributed by atoms with van der Waals surface area (Å²) in [6.45, 7) is 1.83. The third-order valence-corrected chi connectivity index (χ3v) is 4.91. The topological polar surface area (TPSA) is 86.9 Å². The minimum absolute atomic E-state index is 0.0141. The summed E-state index contributed by atoms with van der Waals surface area (Å²) in [5, 5.41) is 5.86. The highest BCUT2D eigenvalue weighted by molar-refractivity contribution is 5.97. The standard InChI is InChI=1S/C22H24N4O2/c1-2-21(27)23-16-7-3-14(4-8-16)5-12-20-25-18-11-6-15(13-19(18)26-20)22(28)24-17-9-10-17/h3-4,6-8,11,13,17H,2,5,9-10,12H2,1H3,(H,23,27)(H,24,28)(H,25,26). The highest BCUT2D eigenvalue weighted by Gasteiger charge is 2.23. The van der Waals surface area contributed by atoms with Crippen molar-refractivity contribution in [3.05, 3.63) is 59.4 Å². The molecule has 0 saturated heterocycles. The van der Waals surface area contributed by atoms with Gasteiger partial charge in [0, 0.05) is 30.1 Å². The average Bonchev–Trinajstić information content (AvgIpc) is 3.42. The lowest BCUT2D eigenvalue weighted by Crippen LogP contribution is -2.25. The Bertz CT molecular complexity index is 1000. The second kappa shape index (κ2) is 7.84. The van der Waals surface area contributed by atoms with E-state index < -0.39 is 0 Å². The van der Waals surface area contributed by atoms with Crippen LogP contribution in [0.25, 0.3) is 11.0 Å². The van der Waals surface area contributed by atoms with Crippen LogP contribution in [0.15, 0.2) is 42.5 Å². The Morgan fingerprint density at radius 1 is 1.11 bits per heavy atom. The van der Waals surface area contributed by atoms with Gasteiger partial charge in [0.05, 0.1) is 11.0 Å². The molecule has 1 aromatic heterocycles. The minimum Gasteiger partial charge on any atom is -0.349 e. The van der Waals surface area contributed by atoms with Gasteiger partial charge in [0.15, 0.2) is 0 Å². The Morgan fingerprint density at radius 3 is 2.61 bits per heavy atom. The van der Waals surface area contributed by atoms with Crippen LogP contribution in [0, 0.1) is 0 Å². The van der Waals surface area contributed by atoms with E-state index in [-0.39, 0.29) is 11.8 Å². The van der Waals surface area contributed by atoms with Gasteiger partial charge in [-0.25, -0.2) is 4.98 Å². The molecule has 1 aliphatic rings. The van der Waals surface area contributed by atoms with Crippen LogP contribution in [0.5, 0.6) is 0 Å². The van der Waals surface area contributed by atoms with Crippen molar-refractivity contribution < 1.29 is 9.59 Å². The first kappa shape index (κ1) is 18.2. The summed E-state index contributed by atoms with van der Waals surface area (Å²) in [6.07, 6.45) is 4.25. The molecule has 0 radical (unpaired) electrons. The molecule has 0 bridgehead atoms. The van der Waals surface area contributed by atoms with Gasteiger partial charge in [-0.05, 0) is 55.2 Å². The lowest BCUT2D eigenvalue weighted by Gasteiger charge is -2.05. The fourth-order valence-corrected chi connectivity index (χ4v) is 3.09. The number of carbonyl (C=O) groups excluding carboxylic acids is 2. The van der Waals surface area contributed by atoms with Crippen LogP contribution < -0.4 is 10.6 Å². The SMILES string of the molecule is CCC(=O)Nc1ccc(CCc2nc3ccc(C(=O)NC4CC4)cc3[nH]2)cc1. The molecule has 0 unspecified atom stereocenters. The molecule has 3 aromatic rings. The van der Waals surface area contributed by atoms with Gasteiger partial charge >= 0.3 is 0 Å². The molecule has 28 heavy (non-hydrogen) atoms. The van der Waals surface area contributed by atoms with Crippen LogP contribution in [-0.4, -0.2) is 27.8 Å². The zero-order valence-electron chi connectivity index (χ0n) is 15.9. The van der Waals surface area contributed by atoms with Crippen LogP contribution in [0.1, 0.15) is 47.9 Å². The van der Waals surface area contributed by atoms with Gasteiger partial charge in [0.2, 0.25) is 5.91 Å². The molecule has 6 nitrogen and oxygen atoms in total. The molecule has 1 heterocycles. The normalized spacial score (nSPS) is 13.5. The number of benzene rings is 2. The van der Waals surface area contributed by atoms with Crippen LogP contribution in [-0.2, 0) is 17.6 Å². The predicted molar refractivity (Wildman–Crippen MR) is 109 cm³/mol. The number of rotatable bonds is 7. The molecule has 1 fully saturated rings. The maximum absolute atomic E-state index is 12.2. The maximum Gasteiger partial charge on any atom is 0.251 e. The molecular weight excluding hydrogens is 352 g/mol. The number of amides is 2. The summed E-state index contributed by atoms with van der Waals surface area (Å²) >= 11 is 0. The smallest absolute Gasteiger partial charge is 0.251 e. The van der Waals surface area contributed by atoms with Crippen LogP contribution in [0.3, 0.4) is 0 Å². The molecule has 1 aliphatic carbocycles. The number of aromatic amines is 1. The zero-order valence-corrected chi connectivity index (χ0v) is 15.9. The predicted octanol–water partition coefficient (Wildman–Crippen LogP) is 3.59. The Morgan fingerprint density at radius 2 is 1.89 bits per heavy atom. The number of aromatic nitrogens is 2. The van der Waals surface area contributed by atoms with E-state index in [0.29, 0.717) is 18.0 Å². The third kappa shape index (κ3) is 4.39. The van der Waals surface area contributed by atoms with Crippen molar-refractivity contribution >= 4 is 28.5 Å². The van der Waals surface area contributed by atoms with Gasteiger partial charge in [-0.2, -0.15) is 0 Å². The summed E-state index contributed by atoms with van der Waals surface area (Å²) < 4.78 is 0. The number of carbonyl (C=O) groups is 2. The third-order valence-electron chi connectivity index (χ3n) is 4.91. The number of hydrogen-bond donors (Lipinski definition) is 3. The number of fused-ring (bicyclic) bond motifs is 1. The fraction of sp³-hybridized carbons (Fsp3) is 0.318. The van der Waals surface area contributed by atoms with Gasteiger partial charge < -0.3 is 15.6 Å². The number of anilines is 1. The Hall–Kier alpha value is -3.15. The van der Waals surface area contributed by atoms with Crippen molar-refractivity contribution in [2.24, 2.45) is 0 Å². The second-order valence-corrected chi connectivity index (χ2v) is 7.26. The number of aryl methyl sites for hydroxylation is 2. The zero-order chi connectivity index (χ0) is 19.5. The molecule has 3 N–H and O–H groups in total. The van der Waals surface area contributed by atoms with E-state index in [9.17, 15) is 9.59 Å². The largest absolute Gasteiger partial charge is 0.349 e.